The normalized spacial score (nSPS) is 26.7. The molecule has 1 fully saturated rings. The molecule has 1 aliphatic rings. The fourth-order valence-electron chi connectivity index (χ4n) is 2.72. The van der Waals surface area contributed by atoms with Crippen LogP contribution in [-0.4, -0.2) is 28.8 Å². The molecule has 124 valence electrons. The van der Waals surface area contributed by atoms with Gasteiger partial charge in [0.05, 0.1) is 0 Å². The molecule has 0 heterocycles. The Morgan fingerprint density at radius 2 is 1.77 bits per heavy atom. The Morgan fingerprint density at radius 1 is 1.27 bits per heavy atom. The minimum absolute atomic E-state index is 0.265. The molecule has 1 unspecified atom stereocenters. The summed E-state index contributed by atoms with van der Waals surface area (Å²) in [5.41, 5.74) is -1.96. The van der Waals surface area contributed by atoms with E-state index in [4.69, 9.17) is 4.74 Å². The molecule has 0 N–H and O–H groups in total. The zero-order valence-electron chi connectivity index (χ0n) is 14.0. The van der Waals surface area contributed by atoms with E-state index < -0.39 is 28.9 Å². The fraction of sp³-hybridized carbons (Fsp3) is 0.765. The molecule has 1 rings (SSSR count). The molecule has 1 atom stereocenters. The average molecular weight is 312 g/mol. The van der Waals surface area contributed by atoms with Crippen LogP contribution in [0.5, 0.6) is 0 Å². The summed E-state index contributed by atoms with van der Waals surface area (Å²) < 4.78 is 19.3. The predicted octanol–water partition coefficient (Wildman–Crippen LogP) is 3.21. The SMILES string of the molecule is CC(=O)C(C(=O)C1CCC(C)(F)CC1)C(=C=O)OC(C)(C)C. The lowest BCUT2D eigenvalue weighted by Crippen LogP contribution is -2.37. The molecule has 0 radical (unpaired) electrons. The summed E-state index contributed by atoms with van der Waals surface area (Å²) in [7, 11) is 0. The van der Waals surface area contributed by atoms with E-state index in [1.54, 1.807) is 26.7 Å². The van der Waals surface area contributed by atoms with Crippen LogP contribution >= 0.6 is 0 Å². The number of halogens is 1. The van der Waals surface area contributed by atoms with Crippen molar-refractivity contribution in [1.82, 2.24) is 0 Å². The number of hydrogen-bond donors (Lipinski definition) is 0. The highest BCUT2D eigenvalue weighted by molar-refractivity contribution is 6.06. The molecule has 0 amide bonds. The maximum absolute atomic E-state index is 13.8. The second-order valence-corrected chi connectivity index (χ2v) is 7.31. The summed E-state index contributed by atoms with van der Waals surface area (Å²) in [5, 5.41) is 0. The van der Waals surface area contributed by atoms with Gasteiger partial charge in [0.1, 0.15) is 23.0 Å². The summed E-state index contributed by atoms with van der Waals surface area (Å²) in [4.78, 5) is 35.6. The molecule has 5 heteroatoms. The van der Waals surface area contributed by atoms with Crippen LogP contribution in [0.4, 0.5) is 4.39 Å². The molecule has 0 bridgehead atoms. The molecule has 0 aromatic carbocycles. The number of Topliss-reactive ketones (excluding diaryl/α,β-unsaturated/α-hetero) is 2. The second kappa shape index (κ2) is 6.74. The van der Waals surface area contributed by atoms with Gasteiger partial charge in [0, 0.05) is 5.92 Å². The molecule has 0 aromatic rings. The van der Waals surface area contributed by atoms with Crippen LogP contribution in [0.2, 0.25) is 0 Å². The van der Waals surface area contributed by atoms with Gasteiger partial charge in [-0.2, -0.15) is 0 Å². The van der Waals surface area contributed by atoms with E-state index in [2.05, 4.69) is 0 Å². The van der Waals surface area contributed by atoms with Crippen LogP contribution in [0.1, 0.15) is 60.3 Å². The Hall–Kier alpha value is -1.48. The Morgan fingerprint density at radius 3 is 2.14 bits per heavy atom. The van der Waals surface area contributed by atoms with Crippen LogP contribution in [0.15, 0.2) is 5.76 Å². The first-order chi connectivity index (χ1) is 9.97. The van der Waals surface area contributed by atoms with Crippen molar-refractivity contribution >= 4 is 17.5 Å². The van der Waals surface area contributed by atoms with Crippen molar-refractivity contribution < 1.29 is 23.5 Å². The Bertz CT molecular complexity index is 485. The van der Waals surface area contributed by atoms with Crippen LogP contribution in [-0.2, 0) is 19.1 Å². The first kappa shape index (κ1) is 18.6. The topological polar surface area (TPSA) is 60.4 Å². The van der Waals surface area contributed by atoms with Gasteiger partial charge in [-0.15, -0.1) is 0 Å². The monoisotopic (exact) mass is 312 g/mol. The standard InChI is InChI=1S/C17H25FO4/c1-11(20)14(13(10-19)22-16(2,3)4)15(21)12-6-8-17(5,18)9-7-12/h12,14H,6-9H2,1-5H3. The summed E-state index contributed by atoms with van der Waals surface area (Å²) in [6.45, 7) is 7.95. The van der Waals surface area contributed by atoms with Gasteiger partial charge < -0.3 is 4.74 Å². The van der Waals surface area contributed by atoms with Gasteiger partial charge in [0.15, 0.2) is 17.5 Å². The van der Waals surface area contributed by atoms with Gasteiger partial charge in [-0.3, -0.25) is 9.59 Å². The lowest BCUT2D eigenvalue weighted by Gasteiger charge is -2.32. The van der Waals surface area contributed by atoms with E-state index in [1.165, 1.54) is 13.8 Å². The predicted molar refractivity (Wildman–Crippen MR) is 80.7 cm³/mol. The Kier molecular flexibility index (Phi) is 5.69. The van der Waals surface area contributed by atoms with E-state index in [1.807, 2.05) is 0 Å². The van der Waals surface area contributed by atoms with E-state index >= 15 is 0 Å². The van der Waals surface area contributed by atoms with Crippen molar-refractivity contribution in [1.29, 1.82) is 0 Å². The van der Waals surface area contributed by atoms with E-state index in [0.717, 1.165) is 0 Å². The van der Waals surface area contributed by atoms with Crippen LogP contribution < -0.4 is 0 Å². The minimum Gasteiger partial charge on any atom is -0.480 e. The largest absolute Gasteiger partial charge is 0.480 e. The van der Waals surface area contributed by atoms with Crippen molar-refractivity contribution in [3.63, 3.8) is 0 Å². The summed E-state index contributed by atoms with van der Waals surface area (Å²) >= 11 is 0. The highest BCUT2D eigenvalue weighted by Crippen LogP contribution is 2.37. The number of allylic oxidation sites excluding steroid dienone is 1. The van der Waals surface area contributed by atoms with Crippen LogP contribution in [0.25, 0.3) is 0 Å². The highest BCUT2D eigenvalue weighted by Gasteiger charge is 2.40. The lowest BCUT2D eigenvalue weighted by molar-refractivity contribution is -0.136. The van der Waals surface area contributed by atoms with Crippen LogP contribution in [0, 0.1) is 11.8 Å². The van der Waals surface area contributed by atoms with E-state index in [0.29, 0.717) is 12.8 Å². The van der Waals surface area contributed by atoms with Crippen molar-refractivity contribution in [3.05, 3.63) is 5.76 Å². The molecule has 0 aliphatic heterocycles. The van der Waals surface area contributed by atoms with Crippen molar-refractivity contribution in [2.45, 2.75) is 71.6 Å². The van der Waals surface area contributed by atoms with Gasteiger partial charge in [-0.05, 0) is 60.3 Å². The second-order valence-electron chi connectivity index (χ2n) is 7.31. The number of carbonyl (C=O) groups is 2. The first-order valence-electron chi connectivity index (χ1n) is 7.64. The number of carbonyl (C=O) groups excluding carboxylic acids is 3. The number of alkyl halides is 1. The smallest absolute Gasteiger partial charge is 0.198 e. The summed E-state index contributed by atoms with van der Waals surface area (Å²) in [6, 6.07) is 0. The third kappa shape index (κ3) is 5.06. The fourth-order valence-corrected chi connectivity index (χ4v) is 2.72. The molecule has 4 nitrogen and oxygen atoms in total. The number of hydrogen-bond acceptors (Lipinski definition) is 4. The van der Waals surface area contributed by atoms with Crippen molar-refractivity contribution in [2.75, 3.05) is 0 Å². The molecule has 22 heavy (non-hydrogen) atoms. The van der Waals surface area contributed by atoms with Gasteiger partial charge >= 0.3 is 0 Å². The van der Waals surface area contributed by atoms with E-state index in [9.17, 15) is 18.8 Å². The first-order valence-corrected chi connectivity index (χ1v) is 7.64. The maximum atomic E-state index is 13.8. The van der Waals surface area contributed by atoms with Crippen molar-refractivity contribution in [3.8, 4) is 0 Å². The zero-order chi connectivity index (χ0) is 17.1. The Balaban J connectivity index is 2.94. The van der Waals surface area contributed by atoms with Gasteiger partial charge in [0.2, 0.25) is 0 Å². The molecule has 1 aliphatic carbocycles. The summed E-state index contributed by atoms with van der Waals surface area (Å²) in [5.74, 6) is -1.10. The van der Waals surface area contributed by atoms with Crippen LogP contribution in [0.3, 0.4) is 0 Å². The van der Waals surface area contributed by atoms with Gasteiger partial charge in [-0.25, -0.2) is 9.18 Å². The molecule has 0 saturated heterocycles. The Labute approximate surface area is 131 Å². The highest BCUT2D eigenvalue weighted by atomic mass is 19.1. The quantitative estimate of drug-likeness (QED) is 0.444. The molecule has 0 aromatic heterocycles. The molecular formula is C17H25FO4. The number of ether oxygens (including phenoxy) is 1. The maximum Gasteiger partial charge on any atom is 0.198 e. The summed E-state index contributed by atoms with van der Waals surface area (Å²) in [6.07, 6.45) is 1.34. The lowest BCUT2D eigenvalue weighted by atomic mass is 9.75. The number of rotatable bonds is 5. The minimum atomic E-state index is -1.26. The zero-order valence-corrected chi connectivity index (χ0v) is 14.0. The van der Waals surface area contributed by atoms with E-state index in [-0.39, 0.29) is 24.4 Å². The molecule has 1 saturated carbocycles. The van der Waals surface area contributed by atoms with Crippen molar-refractivity contribution in [2.24, 2.45) is 11.8 Å². The third-order valence-corrected chi connectivity index (χ3v) is 3.90. The van der Waals surface area contributed by atoms with Gasteiger partial charge in [0.25, 0.3) is 0 Å². The number of ketones is 2. The molecule has 0 spiro atoms. The third-order valence-electron chi connectivity index (χ3n) is 3.90. The average Bonchev–Trinajstić information content (AvgIpc) is 2.35. The molecular weight excluding hydrogens is 287 g/mol. The van der Waals surface area contributed by atoms with Gasteiger partial charge in [-0.1, -0.05) is 0 Å².